The fraction of sp³-hybridized carbons (Fsp3) is 0.333. The van der Waals surface area contributed by atoms with Crippen molar-refractivity contribution in [2.45, 2.75) is 20.3 Å². The number of nitrogens with zero attached hydrogens (tertiary/aromatic N) is 2. The Labute approximate surface area is 71.4 Å². The van der Waals surface area contributed by atoms with Crippen LogP contribution in [-0.4, -0.2) is 9.97 Å². The Kier molecular flexibility index (Phi) is 3.26. The second-order valence-electron chi connectivity index (χ2n) is 2.40. The highest BCUT2D eigenvalue weighted by molar-refractivity contribution is 5.70. The summed E-state index contributed by atoms with van der Waals surface area (Å²) in [5, 5.41) is 0. The first-order chi connectivity index (χ1) is 5.88. The molecule has 0 radical (unpaired) electrons. The molecule has 2 heterocycles. The van der Waals surface area contributed by atoms with Gasteiger partial charge < -0.3 is 4.42 Å². The monoisotopic (exact) mass is 164 g/mol. The summed E-state index contributed by atoms with van der Waals surface area (Å²) in [5.41, 5.74) is 1.59. The Morgan fingerprint density at radius 2 is 2.17 bits per heavy atom. The predicted octanol–water partition coefficient (Wildman–Crippen LogP) is 2.64. The molecule has 64 valence electrons. The molecule has 0 fully saturated rings. The first-order valence-corrected chi connectivity index (χ1v) is 4.01. The highest BCUT2D eigenvalue weighted by Crippen LogP contribution is 2.08. The van der Waals surface area contributed by atoms with Crippen molar-refractivity contribution in [3.63, 3.8) is 0 Å². The van der Waals surface area contributed by atoms with E-state index in [4.69, 9.17) is 4.42 Å². The minimum absolute atomic E-state index is 0.734. The molecule has 0 aliphatic carbocycles. The molecule has 3 heteroatoms. The molecule has 0 aliphatic rings. The number of hydrogen-bond donors (Lipinski definition) is 0. The highest BCUT2D eigenvalue weighted by atomic mass is 16.3. The van der Waals surface area contributed by atoms with Gasteiger partial charge in [0.1, 0.15) is 11.8 Å². The summed E-state index contributed by atoms with van der Waals surface area (Å²) in [6.45, 7) is 4.25. The summed E-state index contributed by atoms with van der Waals surface area (Å²) in [5.74, 6) is 0. The molecule has 3 nitrogen and oxygen atoms in total. The van der Waals surface area contributed by atoms with E-state index in [0.29, 0.717) is 0 Å². The average molecular weight is 164 g/mol. The lowest BCUT2D eigenvalue weighted by atomic mass is 10.5. The van der Waals surface area contributed by atoms with Crippen LogP contribution in [0.3, 0.4) is 0 Å². The minimum atomic E-state index is 0.734. The van der Waals surface area contributed by atoms with Gasteiger partial charge in [-0.1, -0.05) is 20.3 Å². The zero-order valence-electron chi connectivity index (χ0n) is 7.32. The normalized spacial score (nSPS) is 9.17. The summed E-state index contributed by atoms with van der Waals surface area (Å²) in [6.07, 6.45) is 5.99. The second kappa shape index (κ2) is 4.49. The summed E-state index contributed by atoms with van der Waals surface area (Å²) < 4.78 is 4.99. The van der Waals surface area contributed by atoms with Crippen molar-refractivity contribution < 1.29 is 4.42 Å². The molecule has 2 aromatic heterocycles. The fourth-order valence-electron chi connectivity index (χ4n) is 0.714. The molecule has 12 heavy (non-hydrogen) atoms. The van der Waals surface area contributed by atoms with Gasteiger partial charge in [-0.15, -0.1) is 0 Å². The van der Waals surface area contributed by atoms with Crippen LogP contribution < -0.4 is 0 Å². The first kappa shape index (κ1) is 8.71. The van der Waals surface area contributed by atoms with E-state index < -0.39 is 0 Å². The topological polar surface area (TPSA) is 38.9 Å². The average Bonchev–Trinajstić information content (AvgIpc) is 2.52. The van der Waals surface area contributed by atoms with Crippen molar-refractivity contribution in [1.29, 1.82) is 0 Å². The lowest BCUT2D eigenvalue weighted by Crippen LogP contribution is -1.72. The van der Waals surface area contributed by atoms with Gasteiger partial charge in [-0.25, -0.2) is 9.97 Å². The molecule has 0 aromatic carbocycles. The van der Waals surface area contributed by atoms with Crippen LogP contribution in [0, 0.1) is 0 Å². The molecule has 0 unspecified atom stereocenters. The third kappa shape index (κ3) is 2.05. The van der Waals surface area contributed by atoms with Gasteiger partial charge in [0.25, 0.3) is 0 Å². The standard InChI is InChI=1S/C6H4N2O.C3H8/c1-2-9-6-3-7-4-8-5(1)6;1-3-2/h1-4H;3H2,1-2H3. The number of hydrogen-bond acceptors (Lipinski definition) is 3. The maximum absolute atomic E-state index is 4.99. The molecule has 0 bridgehead atoms. The maximum atomic E-state index is 4.99. The zero-order chi connectivity index (χ0) is 8.81. The third-order valence-corrected chi connectivity index (χ3v) is 1.13. The molecule has 2 aromatic rings. The molecule has 0 amide bonds. The van der Waals surface area contributed by atoms with Crippen molar-refractivity contribution in [3.8, 4) is 0 Å². The van der Waals surface area contributed by atoms with Crippen LogP contribution in [-0.2, 0) is 0 Å². The fourth-order valence-corrected chi connectivity index (χ4v) is 0.714. The molecule has 0 saturated heterocycles. The van der Waals surface area contributed by atoms with Crippen molar-refractivity contribution >= 4 is 11.1 Å². The van der Waals surface area contributed by atoms with Gasteiger partial charge in [-0.2, -0.15) is 0 Å². The lowest BCUT2D eigenvalue weighted by Gasteiger charge is -1.80. The van der Waals surface area contributed by atoms with Crippen LogP contribution in [0.5, 0.6) is 0 Å². The van der Waals surface area contributed by atoms with Gasteiger partial charge in [-0.3, -0.25) is 0 Å². The van der Waals surface area contributed by atoms with Gasteiger partial charge in [0.15, 0.2) is 5.58 Å². The Balaban J connectivity index is 0.000000213. The van der Waals surface area contributed by atoms with Crippen LogP contribution in [0.2, 0.25) is 0 Å². The number of furan rings is 1. The van der Waals surface area contributed by atoms with Crippen molar-refractivity contribution in [1.82, 2.24) is 9.97 Å². The van der Waals surface area contributed by atoms with Gasteiger partial charge in [0, 0.05) is 6.07 Å². The van der Waals surface area contributed by atoms with Gasteiger partial charge in [0.2, 0.25) is 0 Å². The zero-order valence-corrected chi connectivity index (χ0v) is 7.32. The van der Waals surface area contributed by atoms with E-state index >= 15 is 0 Å². The third-order valence-electron chi connectivity index (χ3n) is 1.13. The highest BCUT2D eigenvalue weighted by Gasteiger charge is 1.92. The quantitative estimate of drug-likeness (QED) is 0.600. The van der Waals surface area contributed by atoms with Crippen LogP contribution in [0.25, 0.3) is 11.1 Å². The molecular weight excluding hydrogens is 152 g/mol. The smallest absolute Gasteiger partial charge is 0.170 e. The predicted molar refractivity (Wildman–Crippen MR) is 47.8 cm³/mol. The summed E-state index contributed by atoms with van der Waals surface area (Å²) in [4.78, 5) is 7.72. The summed E-state index contributed by atoms with van der Waals surface area (Å²) in [6, 6.07) is 1.80. The molecule has 0 N–H and O–H groups in total. The van der Waals surface area contributed by atoms with E-state index in [2.05, 4.69) is 23.8 Å². The van der Waals surface area contributed by atoms with Crippen LogP contribution in [0.1, 0.15) is 20.3 Å². The van der Waals surface area contributed by atoms with Crippen LogP contribution in [0.4, 0.5) is 0 Å². The minimum Gasteiger partial charge on any atom is -0.461 e. The summed E-state index contributed by atoms with van der Waals surface area (Å²) >= 11 is 0. The van der Waals surface area contributed by atoms with E-state index in [0.717, 1.165) is 11.1 Å². The Hall–Kier alpha value is -1.38. The van der Waals surface area contributed by atoms with Gasteiger partial charge >= 0.3 is 0 Å². The van der Waals surface area contributed by atoms with E-state index in [1.807, 2.05) is 0 Å². The Bertz CT molecular complexity index is 300. The van der Waals surface area contributed by atoms with E-state index in [1.54, 1.807) is 18.5 Å². The van der Waals surface area contributed by atoms with Crippen LogP contribution >= 0.6 is 0 Å². The molecular formula is C9H12N2O. The number of rotatable bonds is 0. The first-order valence-electron chi connectivity index (χ1n) is 4.01. The second-order valence-corrected chi connectivity index (χ2v) is 2.40. The maximum Gasteiger partial charge on any atom is 0.170 e. The molecule has 0 aliphatic heterocycles. The molecule has 0 spiro atoms. The van der Waals surface area contributed by atoms with Crippen molar-refractivity contribution in [3.05, 3.63) is 24.9 Å². The lowest BCUT2D eigenvalue weighted by molar-refractivity contribution is 0.613. The van der Waals surface area contributed by atoms with E-state index in [1.165, 1.54) is 12.7 Å². The van der Waals surface area contributed by atoms with Crippen molar-refractivity contribution in [2.24, 2.45) is 0 Å². The van der Waals surface area contributed by atoms with Gasteiger partial charge in [0.05, 0.1) is 12.5 Å². The van der Waals surface area contributed by atoms with Crippen molar-refractivity contribution in [2.75, 3.05) is 0 Å². The van der Waals surface area contributed by atoms with Crippen LogP contribution in [0.15, 0.2) is 29.3 Å². The Morgan fingerprint density at radius 3 is 2.83 bits per heavy atom. The SMILES string of the molecule is CCC.c1ncc2occc2n1. The van der Waals surface area contributed by atoms with E-state index in [9.17, 15) is 0 Å². The number of fused-ring (bicyclic) bond motifs is 1. The molecule has 0 saturated carbocycles. The number of aromatic nitrogens is 2. The Morgan fingerprint density at radius 1 is 1.42 bits per heavy atom. The molecule has 2 rings (SSSR count). The molecule has 0 atom stereocenters. The van der Waals surface area contributed by atoms with E-state index in [-0.39, 0.29) is 0 Å². The van der Waals surface area contributed by atoms with Gasteiger partial charge in [-0.05, 0) is 0 Å². The summed E-state index contributed by atoms with van der Waals surface area (Å²) in [7, 11) is 0. The largest absolute Gasteiger partial charge is 0.461 e.